The normalized spacial score (nSPS) is 19.2. The summed E-state index contributed by atoms with van der Waals surface area (Å²) < 4.78 is 27.3. The lowest BCUT2D eigenvalue weighted by Gasteiger charge is -2.46. The monoisotopic (exact) mass is 408 g/mol. The first-order valence-electron chi connectivity index (χ1n) is 9.45. The molecule has 0 bridgehead atoms. The van der Waals surface area contributed by atoms with Gasteiger partial charge < -0.3 is 10.2 Å². The third kappa shape index (κ3) is 4.71. The van der Waals surface area contributed by atoms with Gasteiger partial charge in [-0.15, -0.1) is 0 Å². The molecule has 0 atom stereocenters. The third-order valence-corrected chi connectivity index (χ3v) is 6.66. The topological polar surface area (TPSA) is 98.8 Å². The Morgan fingerprint density at radius 2 is 1.86 bits per heavy atom. The van der Waals surface area contributed by atoms with Gasteiger partial charge in [0, 0.05) is 32.2 Å². The number of hydrogen-bond acceptors (Lipinski definition) is 5. The van der Waals surface area contributed by atoms with Crippen LogP contribution in [-0.2, 0) is 25.0 Å². The van der Waals surface area contributed by atoms with E-state index in [0.29, 0.717) is 26.2 Å². The molecule has 0 saturated carbocycles. The highest BCUT2D eigenvalue weighted by molar-refractivity contribution is 7.89. The van der Waals surface area contributed by atoms with Gasteiger partial charge in [-0.25, -0.2) is 13.1 Å². The Balaban J connectivity index is 1.50. The van der Waals surface area contributed by atoms with Crippen molar-refractivity contribution in [3.63, 3.8) is 0 Å². The Morgan fingerprint density at radius 3 is 2.43 bits per heavy atom. The van der Waals surface area contributed by atoms with Crippen LogP contribution in [0.1, 0.15) is 26.3 Å². The second-order valence-electron chi connectivity index (χ2n) is 8.37. The van der Waals surface area contributed by atoms with Crippen LogP contribution in [0.3, 0.4) is 0 Å². The largest absolute Gasteiger partial charge is 0.354 e. The van der Waals surface area contributed by atoms with Crippen LogP contribution in [0.4, 0.5) is 0 Å². The number of amides is 2. The minimum Gasteiger partial charge on any atom is -0.354 e. The lowest BCUT2D eigenvalue weighted by molar-refractivity contribution is -0.138. The number of carbonyl (C=O) groups excluding carboxylic acids is 2. The summed E-state index contributed by atoms with van der Waals surface area (Å²) in [5.74, 6) is -0.256. The van der Waals surface area contributed by atoms with Gasteiger partial charge in [0.2, 0.25) is 21.8 Å². The fraction of sp³-hybridized carbons (Fsp3) is 0.579. The van der Waals surface area contributed by atoms with Crippen molar-refractivity contribution in [2.75, 3.05) is 39.3 Å². The van der Waals surface area contributed by atoms with Gasteiger partial charge in [-0.1, -0.05) is 32.9 Å². The zero-order chi connectivity index (χ0) is 20.5. The van der Waals surface area contributed by atoms with Gasteiger partial charge >= 0.3 is 0 Å². The van der Waals surface area contributed by atoms with Crippen LogP contribution < -0.4 is 10.0 Å². The molecule has 2 aliphatic rings. The summed E-state index contributed by atoms with van der Waals surface area (Å²) in [5, 5.41) is 2.78. The van der Waals surface area contributed by atoms with Crippen LogP contribution in [0.15, 0.2) is 29.2 Å². The molecule has 2 heterocycles. The summed E-state index contributed by atoms with van der Waals surface area (Å²) in [6.07, 6.45) is 0. The molecule has 2 fully saturated rings. The fourth-order valence-corrected chi connectivity index (χ4v) is 4.32. The number of benzene rings is 1. The number of nitrogens with zero attached hydrogens (tertiary/aromatic N) is 2. The van der Waals surface area contributed by atoms with Crippen molar-refractivity contribution >= 4 is 21.8 Å². The summed E-state index contributed by atoms with van der Waals surface area (Å²) in [4.78, 5) is 27.5. The standard InChI is InChI=1S/C19H28N4O4S/c1-19(2,3)14-4-6-16(7-5-14)28(26,27)21-10-18(25)23-11-15(12-23)22-9-8-20-17(24)13-22/h4-7,15,21H,8-13H2,1-3H3,(H,20,24). The van der Waals surface area contributed by atoms with Crippen molar-refractivity contribution in [2.45, 2.75) is 37.1 Å². The summed E-state index contributed by atoms with van der Waals surface area (Å²) in [5.41, 5.74) is 0.981. The maximum Gasteiger partial charge on any atom is 0.241 e. The van der Waals surface area contributed by atoms with E-state index in [1.165, 1.54) is 0 Å². The number of piperazine rings is 1. The molecule has 2 aliphatic heterocycles. The Labute approximate surface area is 166 Å². The Morgan fingerprint density at radius 1 is 1.21 bits per heavy atom. The first-order valence-corrected chi connectivity index (χ1v) is 10.9. The number of hydrogen-bond donors (Lipinski definition) is 2. The first kappa shape index (κ1) is 20.8. The molecule has 0 unspecified atom stereocenters. The molecule has 1 aromatic rings. The lowest BCUT2D eigenvalue weighted by atomic mass is 9.87. The van der Waals surface area contributed by atoms with Gasteiger partial charge in [-0.2, -0.15) is 0 Å². The van der Waals surface area contributed by atoms with E-state index in [0.717, 1.165) is 12.1 Å². The van der Waals surface area contributed by atoms with Gasteiger partial charge in [-0.05, 0) is 23.1 Å². The smallest absolute Gasteiger partial charge is 0.241 e. The van der Waals surface area contributed by atoms with E-state index in [4.69, 9.17) is 0 Å². The predicted molar refractivity (Wildman–Crippen MR) is 105 cm³/mol. The lowest BCUT2D eigenvalue weighted by Crippen LogP contribution is -2.65. The van der Waals surface area contributed by atoms with Crippen molar-refractivity contribution < 1.29 is 18.0 Å². The van der Waals surface area contributed by atoms with Crippen LogP contribution in [-0.4, -0.2) is 75.3 Å². The fourth-order valence-electron chi connectivity index (χ4n) is 3.35. The molecule has 0 aromatic heterocycles. The molecule has 9 heteroatoms. The second-order valence-corrected chi connectivity index (χ2v) is 10.1. The number of nitrogens with one attached hydrogen (secondary N) is 2. The van der Waals surface area contributed by atoms with Crippen LogP contribution in [0, 0.1) is 0 Å². The van der Waals surface area contributed by atoms with Crippen LogP contribution in [0.25, 0.3) is 0 Å². The third-order valence-electron chi connectivity index (χ3n) is 5.24. The maximum absolute atomic E-state index is 12.4. The van der Waals surface area contributed by atoms with Crippen molar-refractivity contribution in [1.82, 2.24) is 19.8 Å². The summed E-state index contributed by atoms with van der Waals surface area (Å²) in [7, 11) is -3.74. The molecule has 154 valence electrons. The summed E-state index contributed by atoms with van der Waals surface area (Å²) in [6, 6.07) is 6.88. The van der Waals surface area contributed by atoms with Gasteiger partial charge in [-0.3, -0.25) is 14.5 Å². The van der Waals surface area contributed by atoms with Crippen LogP contribution in [0.5, 0.6) is 0 Å². The average molecular weight is 409 g/mol. The zero-order valence-electron chi connectivity index (χ0n) is 16.6. The molecule has 2 saturated heterocycles. The molecule has 3 rings (SSSR count). The van der Waals surface area contributed by atoms with Gasteiger partial charge in [0.15, 0.2) is 0 Å². The molecular weight excluding hydrogens is 380 g/mol. The van der Waals surface area contributed by atoms with Gasteiger partial charge in [0.1, 0.15) is 0 Å². The van der Waals surface area contributed by atoms with E-state index in [2.05, 4.69) is 35.7 Å². The van der Waals surface area contributed by atoms with E-state index in [1.807, 2.05) is 0 Å². The summed E-state index contributed by atoms with van der Waals surface area (Å²) in [6.45, 7) is 8.70. The molecule has 2 N–H and O–H groups in total. The number of sulfonamides is 1. The zero-order valence-corrected chi connectivity index (χ0v) is 17.4. The molecule has 2 amide bonds. The minimum atomic E-state index is -3.74. The Kier molecular flexibility index (Phi) is 5.79. The molecular formula is C19H28N4O4S. The number of carbonyl (C=O) groups is 2. The van der Waals surface area contributed by atoms with Gasteiger partial charge in [0.05, 0.1) is 18.0 Å². The van der Waals surface area contributed by atoms with E-state index in [1.54, 1.807) is 29.2 Å². The van der Waals surface area contributed by atoms with E-state index in [9.17, 15) is 18.0 Å². The van der Waals surface area contributed by atoms with E-state index < -0.39 is 10.0 Å². The Bertz CT molecular complexity index is 840. The van der Waals surface area contributed by atoms with E-state index in [-0.39, 0.29) is 34.7 Å². The van der Waals surface area contributed by atoms with Crippen LogP contribution >= 0.6 is 0 Å². The van der Waals surface area contributed by atoms with Crippen molar-refractivity contribution in [3.8, 4) is 0 Å². The van der Waals surface area contributed by atoms with E-state index >= 15 is 0 Å². The maximum atomic E-state index is 12.4. The highest BCUT2D eigenvalue weighted by atomic mass is 32.2. The van der Waals surface area contributed by atoms with Crippen LogP contribution in [0.2, 0.25) is 0 Å². The minimum absolute atomic E-state index is 0.00117. The second kappa shape index (κ2) is 7.81. The SMILES string of the molecule is CC(C)(C)c1ccc(S(=O)(=O)NCC(=O)N2CC(N3CCNC(=O)C3)C2)cc1. The quantitative estimate of drug-likeness (QED) is 0.709. The van der Waals surface area contributed by atoms with Gasteiger partial charge in [0.25, 0.3) is 0 Å². The molecule has 1 aromatic carbocycles. The first-order chi connectivity index (χ1) is 13.1. The predicted octanol–water partition coefficient (Wildman–Crippen LogP) is -0.0950. The highest BCUT2D eigenvalue weighted by Crippen LogP contribution is 2.23. The number of likely N-dealkylation sites (tertiary alicyclic amines) is 1. The molecule has 0 spiro atoms. The Hall–Kier alpha value is -1.97. The molecule has 0 aliphatic carbocycles. The summed E-state index contributed by atoms with van der Waals surface area (Å²) >= 11 is 0. The number of rotatable bonds is 5. The molecule has 8 nitrogen and oxygen atoms in total. The molecule has 28 heavy (non-hydrogen) atoms. The average Bonchev–Trinajstić information content (AvgIpc) is 2.58. The molecule has 0 radical (unpaired) electrons. The van der Waals surface area contributed by atoms with Crippen molar-refractivity contribution in [1.29, 1.82) is 0 Å². The van der Waals surface area contributed by atoms with Crippen molar-refractivity contribution in [2.24, 2.45) is 0 Å². The van der Waals surface area contributed by atoms with Crippen molar-refractivity contribution in [3.05, 3.63) is 29.8 Å². The highest BCUT2D eigenvalue weighted by Gasteiger charge is 2.36.